The number of amides is 1. The maximum atomic E-state index is 12.5. The number of carbonyl (C=O) groups is 1. The van der Waals surface area contributed by atoms with Crippen LogP contribution >= 0.6 is 0 Å². The van der Waals surface area contributed by atoms with Gasteiger partial charge in [-0.2, -0.15) is 5.10 Å². The van der Waals surface area contributed by atoms with Crippen molar-refractivity contribution in [2.45, 2.75) is 33.2 Å². The summed E-state index contributed by atoms with van der Waals surface area (Å²) in [4.78, 5) is 17.1. The van der Waals surface area contributed by atoms with Crippen LogP contribution in [0.2, 0.25) is 0 Å². The van der Waals surface area contributed by atoms with Gasteiger partial charge in [-0.25, -0.2) is 13.1 Å². The van der Waals surface area contributed by atoms with Crippen LogP contribution in [0, 0.1) is 12.8 Å². The molecule has 2 fully saturated rings. The molecule has 2 aliphatic rings. The maximum absolute atomic E-state index is 12.5. The summed E-state index contributed by atoms with van der Waals surface area (Å²) in [6.07, 6.45) is 0.546. The predicted octanol–water partition coefficient (Wildman–Crippen LogP) is 0.763. The van der Waals surface area contributed by atoms with Crippen molar-refractivity contribution in [3.8, 4) is 0 Å². The van der Waals surface area contributed by atoms with Crippen LogP contribution in [0.25, 0.3) is 0 Å². The first-order valence-corrected chi connectivity index (χ1v) is 11.5. The number of aromatic nitrogens is 2. The van der Waals surface area contributed by atoms with E-state index in [9.17, 15) is 13.2 Å². The molecule has 0 radical (unpaired) electrons. The molecule has 3 heterocycles. The zero-order valence-electron chi connectivity index (χ0n) is 16.5. The van der Waals surface area contributed by atoms with Crippen LogP contribution in [0.1, 0.15) is 32.0 Å². The summed E-state index contributed by atoms with van der Waals surface area (Å²) in [5.41, 5.74) is 0.775. The molecule has 27 heavy (non-hydrogen) atoms. The Morgan fingerprint density at radius 1 is 1.26 bits per heavy atom. The van der Waals surface area contributed by atoms with Gasteiger partial charge in [-0.05, 0) is 19.3 Å². The second-order valence-electron chi connectivity index (χ2n) is 8.19. The van der Waals surface area contributed by atoms with Crippen molar-refractivity contribution in [1.82, 2.24) is 19.6 Å². The summed E-state index contributed by atoms with van der Waals surface area (Å²) in [6.45, 7) is 11.5. The van der Waals surface area contributed by atoms with E-state index in [1.54, 1.807) is 4.68 Å². The minimum Gasteiger partial charge on any atom is -0.310 e. The molecule has 3 rings (SSSR count). The average Bonchev–Trinajstić information content (AvgIpc) is 3.10. The van der Waals surface area contributed by atoms with Gasteiger partial charge in [0.15, 0.2) is 9.84 Å². The van der Waals surface area contributed by atoms with E-state index in [2.05, 4.69) is 34.1 Å². The zero-order valence-corrected chi connectivity index (χ0v) is 17.3. The van der Waals surface area contributed by atoms with Crippen molar-refractivity contribution in [2.75, 3.05) is 56.1 Å². The molecule has 1 atom stereocenters. The average molecular weight is 398 g/mol. The molecule has 0 aliphatic carbocycles. The van der Waals surface area contributed by atoms with Crippen LogP contribution in [0.15, 0.2) is 6.07 Å². The lowest BCUT2D eigenvalue weighted by molar-refractivity contribution is -0.117. The second kappa shape index (κ2) is 8.28. The maximum Gasteiger partial charge on any atom is 0.239 e. The number of aryl methyl sites for hydroxylation is 1. The molecule has 1 aromatic rings. The summed E-state index contributed by atoms with van der Waals surface area (Å²) in [5.74, 6) is 1.45. The lowest BCUT2D eigenvalue weighted by Gasteiger charge is -2.35. The highest BCUT2D eigenvalue weighted by atomic mass is 32.2. The molecule has 1 unspecified atom stereocenters. The number of anilines is 1. The predicted molar refractivity (Wildman–Crippen MR) is 106 cm³/mol. The standard InChI is InChI=1S/C18H31N5O3S/c1-14(2)11-21-5-7-22(8-6-21)12-18(24)19-17-10-15(3)20-23(17)16-4-9-27(25,26)13-16/h10,14,16H,4-9,11-13H2,1-3H3,(H,19,24). The van der Waals surface area contributed by atoms with E-state index >= 15 is 0 Å². The number of carbonyl (C=O) groups excluding carboxylic acids is 1. The molecule has 0 saturated carbocycles. The summed E-state index contributed by atoms with van der Waals surface area (Å²) in [6, 6.07) is 1.61. The third kappa shape index (κ3) is 5.52. The van der Waals surface area contributed by atoms with Crippen LogP contribution in [0.3, 0.4) is 0 Å². The lowest BCUT2D eigenvalue weighted by Crippen LogP contribution is -2.49. The van der Waals surface area contributed by atoms with Gasteiger partial charge in [0.2, 0.25) is 5.91 Å². The van der Waals surface area contributed by atoms with Crippen LogP contribution in [0.4, 0.5) is 5.82 Å². The number of nitrogens with zero attached hydrogens (tertiary/aromatic N) is 4. The van der Waals surface area contributed by atoms with Crippen molar-refractivity contribution in [3.05, 3.63) is 11.8 Å². The minimum atomic E-state index is -3.00. The Hall–Kier alpha value is -1.45. The molecule has 1 aromatic heterocycles. The lowest BCUT2D eigenvalue weighted by atomic mass is 10.2. The van der Waals surface area contributed by atoms with Crippen LogP contribution in [0.5, 0.6) is 0 Å². The monoisotopic (exact) mass is 397 g/mol. The Morgan fingerprint density at radius 3 is 2.52 bits per heavy atom. The summed E-state index contributed by atoms with van der Waals surface area (Å²) < 4.78 is 25.2. The number of piperazine rings is 1. The van der Waals surface area contributed by atoms with E-state index in [4.69, 9.17) is 0 Å². The molecule has 1 N–H and O–H groups in total. The molecule has 1 amide bonds. The number of hydrogen-bond acceptors (Lipinski definition) is 6. The fourth-order valence-electron chi connectivity index (χ4n) is 3.89. The summed E-state index contributed by atoms with van der Waals surface area (Å²) in [7, 11) is -3.00. The first kappa shape index (κ1) is 20.3. The number of sulfone groups is 1. The van der Waals surface area contributed by atoms with Crippen LogP contribution < -0.4 is 5.32 Å². The summed E-state index contributed by atoms with van der Waals surface area (Å²) >= 11 is 0. The quantitative estimate of drug-likeness (QED) is 0.763. The third-order valence-corrected chi connectivity index (χ3v) is 6.89. The van der Waals surface area contributed by atoms with E-state index in [0.29, 0.717) is 24.7 Å². The number of nitrogens with one attached hydrogen (secondary N) is 1. The molecule has 8 nitrogen and oxygen atoms in total. The third-order valence-electron chi connectivity index (χ3n) is 5.14. The second-order valence-corrected chi connectivity index (χ2v) is 10.4. The first-order chi connectivity index (χ1) is 12.7. The van der Waals surface area contributed by atoms with E-state index in [0.717, 1.165) is 38.4 Å². The van der Waals surface area contributed by atoms with Gasteiger partial charge in [0.05, 0.1) is 29.8 Å². The Bertz CT molecular complexity index is 766. The van der Waals surface area contributed by atoms with E-state index in [1.165, 1.54) is 0 Å². The Balaban J connectivity index is 1.55. The normalized spacial score (nSPS) is 23.8. The molecular formula is C18H31N5O3S. The Kier molecular flexibility index (Phi) is 6.22. The largest absolute Gasteiger partial charge is 0.310 e. The molecule has 2 saturated heterocycles. The highest BCUT2D eigenvalue weighted by molar-refractivity contribution is 7.91. The fraction of sp³-hybridized carbons (Fsp3) is 0.778. The van der Waals surface area contributed by atoms with Gasteiger partial charge < -0.3 is 10.2 Å². The van der Waals surface area contributed by atoms with Crippen molar-refractivity contribution in [1.29, 1.82) is 0 Å². The molecule has 0 bridgehead atoms. The van der Waals surface area contributed by atoms with Gasteiger partial charge in [-0.3, -0.25) is 9.69 Å². The first-order valence-electron chi connectivity index (χ1n) is 9.73. The van der Waals surface area contributed by atoms with Gasteiger partial charge in [-0.15, -0.1) is 0 Å². The van der Waals surface area contributed by atoms with Gasteiger partial charge in [0.25, 0.3) is 0 Å². The van der Waals surface area contributed by atoms with E-state index in [1.807, 2.05) is 13.0 Å². The molecule has 0 aromatic carbocycles. The molecule has 9 heteroatoms. The number of hydrogen-bond donors (Lipinski definition) is 1. The van der Waals surface area contributed by atoms with Crippen molar-refractivity contribution in [3.63, 3.8) is 0 Å². The molecule has 0 spiro atoms. The molecular weight excluding hydrogens is 366 g/mol. The van der Waals surface area contributed by atoms with E-state index < -0.39 is 9.84 Å². The van der Waals surface area contributed by atoms with Gasteiger partial charge in [-0.1, -0.05) is 13.8 Å². The van der Waals surface area contributed by atoms with E-state index in [-0.39, 0.29) is 23.5 Å². The van der Waals surface area contributed by atoms with Crippen LogP contribution in [-0.2, 0) is 14.6 Å². The van der Waals surface area contributed by atoms with Gasteiger partial charge in [0, 0.05) is 38.8 Å². The minimum absolute atomic E-state index is 0.0747. The van der Waals surface area contributed by atoms with Gasteiger partial charge in [0.1, 0.15) is 5.82 Å². The smallest absolute Gasteiger partial charge is 0.239 e. The number of rotatable bonds is 6. The molecule has 152 valence electrons. The molecule has 2 aliphatic heterocycles. The fourth-order valence-corrected chi connectivity index (χ4v) is 5.58. The highest BCUT2D eigenvalue weighted by Gasteiger charge is 2.31. The zero-order chi connectivity index (χ0) is 19.6. The Morgan fingerprint density at radius 2 is 1.93 bits per heavy atom. The van der Waals surface area contributed by atoms with Crippen LogP contribution in [-0.4, -0.2) is 84.7 Å². The Labute approximate surface area is 161 Å². The SMILES string of the molecule is Cc1cc(NC(=O)CN2CCN(CC(C)C)CC2)n(C2CCS(=O)(=O)C2)n1. The van der Waals surface area contributed by atoms with Crippen molar-refractivity contribution >= 4 is 21.6 Å². The van der Waals surface area contributed by atoms with Gasteiger partial charge >= 0.3 is 0 Å². The summed E-state index contributed by atoms with van der Waals surface area (Å²) in [5, 5.41) is 7.35. The van der Waals surface area contributed by atoms with Crippen molar-refractivity contribution < 1.29 is 13.2 Å². The topological polar surface area (TPSA) is 87.5 Å². The van der Waals surface area contributed by atoms with Crippen molar-refractivity contribution in [2.24, 2.45) is 5.92 Å². The highest BCUT2D eigenvalue weighted by Crippen LogP contribution is 2.27.